The molecular weight excluding hydrogens is 326 g/mol. The van der Waals surface area contributed by atoms with Crippen molar-refractivity contribution in [3.05, 3.63) is 70.2 Å². The van der Waals surface area contributed by atoms with Crippen LogP contribution in [0.1, 0.15) is 24.0 Å². The predicted octanol–water partition coefficient (Wildman–Crippen LogP) is 4.14. The topological polar surface area (TPSA) is 20.3 Å². The number of hydrogen-bond donors (Lipinski definition) is 0. The van der Waals surface area contributed by atoms with Gasteiger partial charge < -0.3 is 4.90 Å². The molecule has 1 aliphatic rings. The molecule has 0 aromatic heterocycles. The van der Waals surface area contributed by atoms with Crippen molar-refractivity contribution in [3.8, 4) is 0 Å². The summed E-state index contributed by atoms with van der Waals surface area (Å²) in [5, 5.41) is 0. The second-order valence-electron chi connectivity index (χ2n) is 5.74. The molecule has 1 fully saturated rings. The van der Waals surface area contributed by atoms with E-state index < -0.39 is 0 Å². The van der Waals surface area contributed by atoms with Crippen LogP contribution in [0, 0.1) is 0 Å². The first-order valence-electron chi connectivity index (χ1n) is 7.17. The normalized spacial score (nSPS) is 15.5. The zero-order chi connectivity index (χ0) is 14.9. The van der Waals surface area contributed by atoms with Crippen LogP contribution in [-0.2, 0) is 16.8 Å². The van der Waals surface area contributed by atoms with Crippen molar-refractivity contribution >= 4 is 21.8 Å². The third-order valence-electron chi connectivity index (χ3n) is 4.17. The Hall–Kier alpha value is -1.61. The largest absolute Gasteiger partial charge is 0.341 e. The van der Waals surface area contributed by atoms with Gasteiger partial charge in [0.05, 0.1) is 5.41 Å². The molecule has 1 saturated carbocycles. The van der Waals surface area contributed by atoms with Gasteiger partial charge in [-0.15, -0.1) is 0 Å². The van der Waals surface area contributed by atoms with Gasteiger partial charge in [0, 0.05) is 18.1 Å². The molecule has 2 aromatic rings. The summed E-state index contributed by atoms with van der Waals surface area (Å²) in [6.45, 7) is 0.665. The molecule has 0 bridgehead atoms. The fourth-order valence-electron chi connectivity index (χ4n) is 2.81. The lowest BCUT2D eigenvalue weighted by atomic mass is 9.94. The Morgan fingerprint density at radius 2 is 1.71 bits per heavy atom. The Labute approximate surface area is 133 Å². The molecule has 1 aliphatic carbocycles. The van der Waals surface area contributed by atoms with Gasteiger partial charge >= 0.3 is 0 Å². The summed E-state index contributed by atoms with van der Waals surface area (Å²) in [5.74, 6) is 0.230. The molecule has 0 unspecified atom stereocenters. The van der Waals surface area contributed by atoms with Crippen LogP contribution in [0.25, 0.3) is 0 Å². The minimum Gasteiger partial charge on any atom is -0.341 e. The summed E-state index contributed by atoms with van der Waals surface area (Å²) >= 11 is 3.45. The van der Waals surface area contributed by atoms with Crippen LogP contribution in [0.3, 0.4) is 0 Å². The molecule has 2 aromatic carbocycles. The molecule has 0 saturated heterocycles. The van der Waals surface area contributed by atoms with Crippen LogP contribution in [-0.4, -0.2) is 17.9 Å². The lowest BCUT2D eigenvalue weighted by Crippen LogP contribution is -2.36. The third-order valence-corrected chi connectivity index (χ3v) is 4.69. The molecule has 0 spiro atoms. The van der Waals surface area contributed by atoms with Crippen LogP contribution in [0.15, 0.2) is 59.1 Å². The Balaban J connectivity index is 1.76. The Morgan fingerprint density at radius 1 is 1.10 bits per heavy atom. The van der Waals surface area contributed by atoms with Crippen LogP contribution in [0.5, 0.6) is 0 Å². The van der Waals surface area contributed by atoms with Gasteiger partial charge in [0.1, 0.15) is 0 Å². The van der Waals surface area contributed by atoms with Crippen LogP contribution >= 0.6 is 15.9 Å². The highest BCUT2D eigenvalue weighted by atomic mass is 79.9. The zero-order valence-corrected chi connectivity index (χ0v) is 13.6. The number of benzene rings is 2. The van der Waals surface area contributed by atoms with Crippen LogP contribution in [0.4, 0.5) is 0 Å². The summed E-state index contributed by atoms with van der Waals surface area (Å²) in [7, 11) is 1.90. The minimum absolute atomic E-state index is 0.230. The van der Waals surface area contributed by atoms with Gasteiger partial charge in [0.2, 0.25) is 5.91 Å². The smallest absolute Gasteiger partial charge is 0.233 e. The average molecular weight is 344 g/mol. The Kier molecular flexibility index (Phi) is 3.85. The van der Waals surface area contributed by atoms with E-state index in [0.717, 1.165) is 22.9 Å². The van der Waals surface area contributed by atoms with Gasteiger partial charge in [0.25, 0.3) is 0 Å². The van der Waals surface area contributed by atoms with E-state index >= 15 is 0 Å². The number of hydrogen-bond acceptors (Lipinski definition) is 1. The van der Waals surface area contributed by atoms with Crippen molar-refractivity contribution in [1.29, 1.82) is 0 Å². The molecule has 0 aliphatic heterocycles. The second-order valence-corrected chi connectivity index (χ2v) is 6.65. The van der Waals surface area contributed by atoms with Crippen LogP contribution < -0.4 is 0 Å². The van der Waals surface area contributed by atoms with Crippen molar-refractivity contribution < 1.29 is 4.79 Å². The van der Waals surface area contributed by atoms with Gasteiger partial charge in [-0.3, -0.25) is 4.79 Å². The number of nitrogens with zero attached hydrogens (tertiary/aromatic N) is 1. The van der Waals surface area contributed by atoms with Crippen molar-refractivity contribution in [3.63, 3.8) is 0 Å². The first-order valence-corrected chi connectivity index (χ1v) is 7.97. The summed E-state index contributed by atoms with van der Waals surface area (Å²) in [5.41, 5.74) is 2.01. The fourth-order valence-corrected chi connectivity index (χ4v) is 3.08. The highest BCUT2D eigenvalue weighted by molar-refractivity contribution is 9.10. The molecular formula is C18H18BrNO. The number of rotatable bonds is 4. The second kappa shape index (κ2) is 5.64. The van der Waals surface area contributed by atoms with Gasteiger partial charge in [-0.05, 0) is 36.1 Å². The minimum atomic E-state index is -0.287. The molecule has 108 valence electrons. The summed E-state index contributed by atoms with van der Waals surface area (Å²) in [6, 6.07) is 18.3. The average Bonchev–Trinajstić information content (AvgIpc) is 3.30. The highest BCUT2D eigenvalue weighted by Crippen LogP contribution is 2.49. The van der Waals surface area contributed by atoms with E-state index in [9.17, 15) is 4.79 Å². The van der Waals surface area contributed by atoms with Crippen molar-refractivity contribution in [2.75, 3.05) is 7.05 Å². The van der Waals surface area contributed by atoms with E-state index in [1.807, 2.05) is 42.3 Å². The van der Waals surface area contributed by atoms with Crippen LogP contribution in [0.2, 0.25) is 0 Å². The Bertz CT molecular complexity index is 632. The van der Waals surface area contributed by atoms with E-state index in [-0.39, 0.29) is 11.3 Å². The molecule has 3 rings (SSSR count). The molecule has 21 heavy (non-hydrogen) atoms. The lowest BCUT2D eigenvalue weighted by molar-refractivity contribution is -0.133. The SMILES string of the molecule is CN(Cc1ccccc1)C(=O)C1(c2ccc(Br)cc2)CC1. The summed E-state index contributed by atoms with van der Waals surface area (Å²) in [6.07, 6.45) is 1.90. The number of carbonyl (C=O) groups is 1. The Morgan fingerprint density at radius 3 is 2.29 bits per heavy atom. The molecule has 0 heterocycles. The predicted molar refractivity (Wildman–Crippen MR) is 88.0 cm³/mol. The standard InChI is InChI=1S/C18H18BrNO/c1-20(13-14-5-3-2-4-6-14)17(21)18(11-12-18)15-7-9-16(19)10-8-15/h2-10H,11-13H2,1H3. The number of amides is 1. The number of carbonyl (C=O) groups excluding carboxylic acids is 1. The first kappa shape index (κ1) is 14.3. The maximum Gasteiger partial charge on any atom is 0.233 e. The molecule has 3 heteroatoms. The first-order chi connectivity index (χ1) is 10.1. The quantitative estimate of drug-likeness (QED) is 0.816. The molecule has 0 N–H and O–H groups in total. The van der Waals surface area contributed by atoms with Crippen molar-refractivity contribution in [2.24, 2.45) is 0 Å². The highest BCUT2D eigenvalue weighted by Gasteiger charge is 2.52. The zero-order valence-electron chi connectivity index (χ0n) is 12.1. The number of likely N-dealkylation sites (N-methyl/N-ethyl adjacent to an activating group) is 1. The fraction of sp³-hybridized carbons (Fsp3) is 0.278. The van der Waals surface area contributed by atoms with E-state index in [0.29, 0.717) is 6.54 Å². The maximum atomic E-state index is 12.8. The molecule has 0 radical (unpaired) electrons. The molecule has 1 amide bonds. The van der Waals surface area contributed by atoms with Crippen molar-refractivity contribution in [2.45, 2.75) is 24.8 Å². The van der Waals surface area contributed by atoms with Gasteiger partial charge in [0.15, 0.2) is 0 Å². The summed E-state index contributed by atoms with van der Waals surface area (Å²) < 4.78 is 1.05. The maximum absolute atomic E-state index is 12.8. The van der Waals surface area contributed by atoms with E-state index in [4.69, 9.17) is 0 Å². The third kappa shape index (κ3) is 2.88. The van der Waals surface area contributed by atoms with Gasteiger partial charge in [-0.2, -0.15) is 0 Å². The van der Waals surface area contributed by atoms with Gasteiger partial charge in [-0.25, -0.2) is 0 Å². The number of halogens is 1. The van der Waals surface area contributed by atoms with Gasteiger partial charge in [-0.1, -0.05) is 58.4 Å². The van der Waals surface area contributed by atoms with E-state index in [1.54, 1.807) is 0 Å². The molecule has 2 nitrogen and oxygen atoms in total. The van der Waals surface area contributed by atoms with Crippen molar-refractivity contribution in [1.82, 2.24) is 4.90 Å². The monoisotopic (exact) mass is 343 g/mol. The molecule has 0 atom stereocenters. The lowest BCUT2D eigenvalue weighted by Gasteiger charge is -2.24. The summed E-state index contributed by atoms with van der Waals surface area (Å²) in [4.78, 5) is 14.7. The van der Waals surface area contributed by atoms with E-state index in [1.165, 1.54) is 5.56 Å². The van der Waals surface area contributed by atoms with E-state index in [2.05, 4.69) is 40.2 Å².